The number of halogens is 6. The number of benzene rings is 1. The molecule has 1 amide bonds. The number of anilines is 2. The first-order valence-electron chi connectivity index (χ1n) is 11.3. The van der Waals surface area contributed by atoms with Gasteiger partial charge in [0, 0.05) is 31.2 Å². The predicted molar refractivity (Wildman–Crippen MR) is 126 cm³/mol. The van der Waals surface area contributed by atoms with Gasteiger partial charge < -0.3 is 19.9 Å². The van der Waals surface area contributed by atoms with Crippen molar-refractivity contribution in [1.82, 2.24) is 14.5 Å². The minimum absolute atomic E-state index is 0.00163. The summed E-state index contributed by atoms with van der Waals surface area (Å²) in [5.74, 6) is -0.117. The molecule has 7 nitrogen and oxygen atoms in total. The number of carbonyl (C=O) groups is 1. The lowest BCUT2D eigenvalue weighted by molar-refractivity contribution is -0.138. The molecule has 0 saturated carbocycles. The number of aliphatic hydroxyl groups is 1. The molecule has 38 heavy (non-hydrogen) atoms. The average molecular weight is 535 g/mol. The van der Waals surface area contributed by atoms with E-state index in [1.165, 1.54) is 29.0 Å². The van der Waals surface area contributed by atoms with Gasteiger partial charge in [-0.1, -0.05) is 12.1 Å². The second kappa shape index (κ2) is 9.31. The number of hydrogen-bond acceptors (Lipinski definition) is 5. The largest absolute Gasteiger partial charge is 0.417 e. The summed E-state index contributed by atoms with van der Waals surface area (Å²) in [5, 5.41) is 12.1. The van der Waals surface area contributed by atoms with Gasteiger partial charge in [0.2, 0.25) is 0 Å². The molecule has 1 aliphatic heterocycles. The summed E-state index contributed by atoms with van der Waals surface area (Å²) >= 11 is 0. The minimum atomic E-state index is -4.67. The number of pyridine rings is 2. The van der Waals surface area contributed by atoms with E-state index in [2.05, 4.69) is 15.3 Å². The molecule has 0 radical (unpaired) electrons. The Balaban J connectivity index is 1.49. The number of aliphatic hydroxyl groups excluding tert-OH is 1. The van der Waals surface area contributed by atoms with Crippen LogP contribution >= 0.6 is 0 Å². The van der Waals surface area contributed by atoms with Gasteiger partial charge in [0.25, 0.3) is 5.91 Å². The van der Waals surface area contributed by atoms with Gasteiger partial charge in [-0.25, -0.2) is 9.97 Å². The topological polar surface area (TPSA) is 83.3 Å². The van der Waals surface area contributed by atoms with Crippen LogP contribution in [0.3, 0.4) is 0 Å². The second-order valence-electron chi connectivity index (χ2n) is 8.87. The summed E-state index contributed by atoms with van der Waals surface area (Å²) in [6, 6.07) is 9.69. The molecular formula is C25H19F6N5O2. The molecule has 0 spiro atoms. The summed E-state index contributed by atoms with van der Waals surface area (Å²) < 4.78 is 80.7. The van der Waals surface area contributed by atoms with Gasteiger partial charge in [0.15, 0.2) is 0 Å². The number of alkyl halides is 6. The maximum atomic E-state index is 13.3. The zero-order valence-corrected chi connectivity index (χ0v) is 19.4. The Kier molecular flexibility index (Phi) is 6.25. The maximum Gasteiger partial charge on any atom is 0.417 e. The van der Waals surface area contributed by atoms with Crippen molar-refractivity contribution in [2.24, 2.45) is 0 Å². The van der Waals surface area contributed by atoms with E-state index in [1.54, 1.807) is 12.1 Å². The van der Waals surface area contributed by atoms with Crippen molar-refractivity contribution >= 4 is 28.4 Å². The fourth-order valence-corrected chi connectivity index (χ4v) is 4.16. The second-order valence-corrected chi connectivity index (χ2v) is 8.87. The van der Waals surface area contributed by atoms with Crippen molar-refractivity contribution in [1.29, 1.82) is 0 Å². The molecule has 1 aliphatic rings. The van der Waals surface area contributed by atoms with E-state index in [9.17, 15) is 36.2 Å². The lowest BCUT2D eigenvalue weighted by Gasteiger charge is -2.36. The molecule has 1 fully saturated rings. The summed E-state index contributed by atoms with van der Waals surface area (Å²) in [4.78, 5) is 23.1. The monoisotopic (exact) mass is 535 g/mol. The van der Waals surface area contributed by atoms with Gasteiger partial charge in [-0.2, -0.15) is 26.3 Å². The van der Waals surface area contributed by atoms with Crippen LogP contribution in [0.15, 0.2) is 60.9 Å². The Hall–Kier alpha value is -4.13. The van der Waals surface area contributed by atoms with Gasteiger partial charge in [-0.15, -0.1) is 0 Å². The average Bonchev–Trinajstić information content (AvgIpc) is 3.19. The van der Waals surface area contributed by atoms with E-state index < -0.39 is 35.5 Å². The van der Waals surface area contributed by atoms with Crippen LogP contribution in [0.2, 0.25) is 0 Å². The summed E-state index contributed by atoms with van der Waals surface area (Å²) in [6.45, 7) is 0.617. The first-order valence-corrected chi connectivity index (χ1v) is 11.3. The van der Waals surface area contributed by atoms with Crippen LogP contribution in [0.25, 0.3) is 11.0 Å². The number of nitrogens with one attached hydrogen (secondary N) is 1. The van der Waals surface area contributed by atoms with E-state index in [1.807, 2.05) is 4.90 Å². The highest BCUT2D eigenvalue weighted by Crippen LogP contribution is 2.33. The molecule has 0 atom stereocenters. The van der Waals surface area contributed by atoms with Gasteiger partial charge in [-0.3, -0.25) is 4.79 Å². The quantitative estimate of drug-likeness (QED) is 0.354. The van der Waals surface area contributed by atoms with Crippen molar-refractivity contribution < 1.29 is 36.2 Å². The Labute approximate surface area is 211 Å². The number of rotatable bonds is 5. The van der Waals surface area contributed by atoms with Gasteiger partial charge in [0.05, 0.1) is 29.1 Å². The number of hydrogen-bond donors (Lipinski definition) is 2. The zero-order chi connectivity index (χ0) is 27.2. The molecule has 198 valence electrons. The van der Waals surface area contributed by atoms with Crippen molar-refractivity contribution in [2.75, 3.05) is 23.3 Å². The van der Waals surface area contributed by atoms with Crippen LogP contribution in [-0.4, -0.2) is 44.7 Å². The van der Waals surface area contributed by atoms with Crippen molar-refractivity contribution in [3.05, 3.63) is 83.3 Å². The normalized spacial score (nSPS) is 14.6. The summed E-state index contributed by atoms with van der Waals surface area (Å²) in [5.41, 5.74) is -1.55. The molecular weight excluding hydrogens is 516 g/mol. The molecule has 2 N–H and O–H groups in total. The van der Waals surface area contributed by atoms with Crippen molar-refractivity contribution in [3.8, 4) is 0 Å². The van der Waals surface area contributed by atoms with E-state index in [-0.39, 0.29) is 28.8 Å². The highest BCUT2D eigenvalue weighted by molar-refractivity contribution is 6.06. The summed E-state index contributed by atoms with van der Waals surface area (Å²) in [6.07, 6.45) is -7.70. The fourth-order valence-electron chi connectivity index (χ4n) is 4.16. The summed E-state index contributed by atoms with van der Waals surface area (Å²) in [7, 11) is 0. The number of fused-ring (bicyclic) bond motifs is 1. The number of amides is 1. The molecule has 0 aliphatic carbocycles. The Bertz CT molecular complexity index is 1490. The molecule has 3 aromatic heterocycles. The fraction of sp³-hybridized carbons (Fsp3) is 0.240. The third-order valence-electron chi connectivity index (χ3n) is 6.08. The Morgan fingerprint density at radius 3 is 2.32 bits per heavy atom. The maximum absolute atomic E-state index is 13.3. The SMILES string of the molecule is O=C(Nc1ccc(N2CC(O)C2)nc1)c1cc2cc(C(F)(F)F)cnc2n1Cc1cccc(C(F)(F)F)c1. The molecule has 1 saturated heterocycles. The van der Waals surface area contributed by atoms with E-state index in [0.717, 1.165) is 18.2 Å². The van der Waals surface area contributed by atoms with Crippen LogP contribution < -0.4 is 10.2 Å². The van der Waals surface area contributed by atoms with Crippen molar-refractivity contribution in [2.45, 2.75) is 25.0 Å². The lowest BCUT2D eigenvalue weighted by Crippen LogP contribution is -2.51. The van der Waals surface area contributed by atoms with Crippen LogP contribution in [0.1, 0.15) is 27.2 Å². The minimum Gasteiger partial charge on any atom is -0.389 e. The predicted octanol–water partition coefficient (Wildman–Crippen LogP) is 4.95. The van der Waals surface area contributed by atoms with Gasteiger partial charge >= 0.3 is 12.4 Å². The first kappa shape index (κ1) is 25.5. The third-order valence-corrected chi connectivity index (χ3v) is 6.08. The molecule has 5 rings (SSSR count). The van der Waals surface area contributed by atoms with E-state index in [4.69, 9.17) is 0 Å². The van der Waals surface area contributed by atoms with E-state index in [0.29, 0.717) is 30.8 Å². The van der Waals surface area contributed by atoms with Gasteiger partial charge in [-0.05, 0) is 42.0 Å². The molecule has 0 bridgehead atoms. The van der Waals surface area contributed by atoms with Gasteiger partial charge in [0.1, 0.15) is 17.2 Å². The van der Waals surface area contributed by atoms with Crippen LogP contribution in [0, 0.1) is 0 Å². The zero-order valence-electron chi connectivity index (χ0n) is 19.4. The molecule has 1 aromatic carbocycles. The molecule has 13 heteroatoms. The number of aromatic nitrogens is 3. The van der Waals surface area contributed by atoms with Crippen molar-refractivity contribution in [3.63, 3.8) is 0 Å². The molecule has 0 unspecified atom stereocenters. The number of β-amino-alcohol motifs (C(OH)–C–C–N with tert-alkyl or cyclic N) is 1. The van der Waals surface area contributed by atoms with Crippen LogP contribution in [0.4, 0.5) is 37.8 Å². The van der Waals surface area contributed by atoms with Crippen LogP contribution in [-0.2, 0) is 18.9 Å². The number of carbonyl (C=O) groups excluding carboxylic acids is 1. The number of nitrogens with zero attached hydrogens (tertiary/aromatic N) is 4. The smallest absolute Gasteiger partial charge is 0.389 e. The lowest BCUT2D eigenvalue weighted by atomic mass is 10.1. The highest BCUT2D eigenvalue weighted by atomic mass is 19.4. The Morgan fingerprint density at radius 1 is 0.947 bits per heavy atom. The Morgan fingerprint density at radius 2 is 1.68 bits per heavy atom. The van der Waals surface area contributed by atoms with E-state index >= 15 is 0 Å². The molecule has 4 heterocycles. The third kappa shape index (κ3) is 5.14. The highest BCUT2D eigenvalue weighted by Gasteiger charge is 2.33. The molecule has 4 aromatic rings. The first-order chi connectivity index (χ1) is 17.9. The van der Waals surface area contributed by atoms with Crippen LogP contribution in [0.5, 0.6) is 0 Å². The standard InChI is InChI=1S/C25H19F6N5O2/c26-24(27,28)16-3-1-2-14(6-16)11-36-20(8-15-7-17(25(29,30)31)9-33-22(15)36)23(38)34-18-4-5-21(32-10-18)35-12-19(37)13-35/h1-10,19,37H,11-13H2,(H,34,38).